The third-order valence-electron chi connectivity index (χ3n) is 2.91. The highest BCUT2D eigenvalue weighted by Gasteiger charge is 2.11. The number of allylic oxidation sites excluding steroid dienone is 1. The average Bonchev–Trinajstić information content (AvgIpc) is 2.50. The van der Waals surface area contributed by atoms with Crippen LogP contribution in [0.3, 0.4) is 0 Å². The lowest BCUT2D eigenvalue weighted by molar-refractivity contribution is 0.629. The predicted molar refractivity (Wildman–Crippen MR) is 81.3 cm³/mol. The van der Waals surface area contributed by atoms with Gasteiger partial charge in [0, 0.05) is 12.3 Å². The summed E-state index contributed by atoms with van der Waals surface area (Å²) in [4.78, 5) is 13.3. The maximum absolute atomic E-state index is 13.2. The van der Waals surface area contributed by atoms with Gasteiger partial charge in [-0.05, 0) is 31.9 Å². The summed E-state index contributed by atoms with van der Waals surface area (Å²) >= 11 is 0. The minimum absolute atomic E-state index is 0.298. The number of halogens is 1. The fraction of sp³-hybridized carbons (Fsp3) is 0.312. The number of rotatable bonds is 1. The second-order valence-electron chi connectivity index (χ2n) is 4.27. The molecular weight excluding hydrogens is 253 g/mol. The van der Waals surface area contributed by atoms with Crippen LogP contribution in [-0.2, 0) is 0 Å². The van der Waals surface area contributed by atoms with E-state index in [1.165, 1.54) is 12.1 Å². The van der Waals surface area contributed by atoms with Crippen LogP contribution in [0.5, 0.6) is 0 Å². The van der Waals surface area contributed by atoms with Crippen LogP contribution in [0.25, 0.3) is 16.7 Å². The molecule has 3 rings (SSSR count). The lowest BCUT2D eigenvalue weighted by Crippen LogP contribution is -1.99. The normalized spacial score (nSPS) is 13.7. The predicted octanol–water partition coefficient (Wildman–Crippen LogP) is 4.31. The van der Waals surface area contributed by atoms with Crippen LogP contribution in [0, 0.1) is 12.7 Å². The van der Waals surface area contributed by atoms with Crippen LogP contribution in [0.1, 0.15) is 38.1 Å². The zero-order chi connectivity index (χ0) is 14.5. The summed E-state index contributed by atoms with van der Waals surface area (Å²) in [5, 5.41) is 0. The van der Waals surface area contributed by atoms with Gasteiger partial charge in [-0.2, -0.15) is 0 Å². The molecule has 2 heterocycles. The van der Waals surface area contributed by atoms with Crippen molar-refractivity contribution in [3.8, 4) is 0 Å². The maximum atomic E-state index is 13.2. The highest BCUT2D eigenvalue weighted by atomic mass is 19.1. The number of benzene rings is 1. The SMILES string of the molecule is CC.Cc1nc2ccc(F)cc2nc1C1=CCCC=N1. The van der Waals surface area contributed by atoms with Crippen LogP contribution in [0.2, 0.25) is 0 Å². The van der Waals surface area contributed by atoms with Gasteiger partial charge in [0.25, 0.3) is 0 Å². The molecule has 0 saturated heterocycles. The van der Waals surface area contributed by atoms with Crippen molar-refractivity contribution in [2.24, 2.45) is 4.99 Å². The number of hydrogen-bond acceptors (Lipinski definition) is 3. The van der Waals surface area contributed by atoms with Gasteiger partial charge in [0.1, 0.15) is 11.5 Å². The van der Waals surface area contributed by atoms with E-state index in [1.807, 2.05) is 33.1 Å². The summed E-state index contributed by atoms with van der Waals surface area (Å²) in [6.07, 6.45) is 5.84. The Balaban J connectivity index is 0.000000704. The molecule has 0 bridgehead atoms. The minimum atomic E-state index is -0.298. The first-order valence-electron chi connectivity index (χ1n) is 6.91. The van der Waals surface area contributed by atoms with E-state index in [0.717, 1.165) is 29.9 Å². The van der Waals surface area contributed by atoms with Crippen molar-refractivity contribution in [3.05, 3.63) is 41.5 Å². The Morgan fingerprint density at radius 3 is 2.55 bits per heavy atom. The van der Waals surface area contributed by atoms with Crippen molar-refractivity contribution in [3.63, 3.8) is 0 Å². The molecule has 1 aliphatic heterocycles. The van der Waals surface area contributed by atoms with E-state index >= 15 is 0 Å². The standard InChI is InChI=1S/C14H12FN3.C2H6/c1-9-14(12-4-2-3-7-16-12)18-13-8-10(15)5-6-11(13)17-9;1-2/h4-8H,2-3H2,1H3;1-2H3. The van der Waals surface area contributed by atoms with E-state index in [0.29, 0.717) is 11.0 Å². The fourth-order valence-electron chi connectivity index (χ4n) is 2.03. The first-order chi connectivity index (χ1) is 9.74. The third kappa shape index (κ3) is 2.90. The molecule has 20 heavy (non-hydrogen) atoms. The smallest absolute Gasteiger partial charge is 0.125 e. The van der Waals surface area contributed by atoms with Crippen molar-refractivity contribution in [2.75, 3.05) is 0 Å². The molecule has 1 aliphatic rings. The summed E-state index contributed by atoms with van der Waals surface area (Å²) < 4.78 is 13.2. The fourth-order valence-corrected chi connectivity index (χ4v) is 2.03. The molecule has 0 spiro atoms. The Bertz CT molecular complexity index is 675. The molecule has 0 amide bonds. The number of aryl methyl sites for hydroxylation is 1. The minimum Gasteiger partial charge on any atom is -0.259 e. The van der Waals surface area contributed by atoms with Crippen molar-refractivity contribution < 1.29 is 4.39 Å². The Labute approximate surface area is 118 Å². The van der Waals surface area contributed by atoms with Gasteiger partial charge >= 0.3 is 0 Å². The van der Waals surface area contributed by atoms with Crippen molar-refractivity contribution in [2.45, 2.75) is 33.6 Å². The zero-order valence-corrected chi connectivity index (χ0v) is 12.0. The van der Waals surface area contributed by atoms with Crippen LogP contribution in [0.15, 0.2) is 29.3 Å². The molecule has 0 atom stereocenters. The van der Waals surface area contributed by atoms with Crippen LogP contribution >= 0.6 is 0 Å². The topological polar surface area (TPSA) is 38.1 Å². The molecule has 0 radical (unpaired) electrons. The quantitative estimate of drug-likeness (QED) is 0.775. The molecule has 0 aliphatic carbocycles. The van der Waals surface area contributed by atoms with Gasteiger partial charge in [-0.25, -0.2) is 14.4 Å². The molecule has 4 heteroatoms. The lowest BCUT2D eigenvalue weighted by Gasteiger charge is -2.09. The Hall–Kier alpha value is -2.10. The molecule has 1 aromatic heterocycles. The van der Waals surface area contributed by atoms with Gasteiger partial charge in [-0.3, -0.25) is 4.99 Å². The number of nitrogens with zero attached hydrogens (tertiary/aromatic N) is 3. The second-order valence-corrected chi connectivity index (χ2v) is 4.27. The molecule has 104 valence electrons. The van der Waals surface area contributed by atoms with Crippen LogP contribution in [-0.4, -0.2) is 16.2 Å². The van der Waals surface area contributed by atoms with Gasteiger partial charge in [-0.15, -0.1) is 0 Å². The number of aromatic nitrogens is 2. The Morgan fingerprint density at radius 2 is 1.85 bits per heavy atom. The molecule has 0 saturated carbocycles. The molecular formula is C16H18FN3. The summed E-state index contributed by atoms with van der Waals surface area (Å²) in [7, 11) is 0. The molecule has 0 fully saturated rings. The number of aliphatic imine (C=N–C) groups is 1. The highest BCUT2D eigenvalue weighted by molar-refractivity contribution is 5.80. The number of fused-ring (bicyclic) bond motifs is 1. The lowest BCUT2D eigenvalue weighted by atomic mass is 10.1. The summed E-state index contributed by atoms with van der Waals surface area (Å²) in [6.45, 7) is 5.90. The third-order valence-corrected chi connectivity index (χ3v) is 2.91. The van der Waals surface area contributed by atoms with E-state index < -0.39 is 0 Å². The summed E-state index contributed by atoms with van der Waals surface area (Å²) in [5.74, 6) is -0.298. The largest absolute Gasteiger partial charge is 0.259 e. The summed E-state index contributed by atoms with van der Waals surface area (Å²) in [5.41, 5.74) is 3.66. The zero-order valence-electron chi connectivity index (χ0n) is 12.0. The van der Waals surface area contributed by atoms with Crippen molar-refractivity contribution >= 4 is 22.9 Å². The van der Waals surface area contributed by atoms with E-state index in [4.69, 9.17) is 0 Å². The Morgan fingerprint density at radius 1 is 1.05 bits per heavy atom. The van der Waals surface area contributed by atoms with Crippen LogP contribution < -0.4 is 0 Å². The summed E-state index contributed by atoms with van der Waals surface area (Å²) in [6, 6.07) is 4.44. The van der Waals surface area contributed by atoms with Gasteiger partial charge < -0.3 is 0 Å². The number of hydrogen-bond donors (Lipinski definition) is 0. The highest BCUT2D eigenvalue weighted by Crippen LogP contribution is 2.23. The van der Waals surface area contributed by atoms with Gasteiger partial charge in [-0.1, -0.05) is 19.9 Å². The Kier molecular flexibility index (Phi) is 4.56. The van der Waals surface area contributed by atoms with E-state index in [-0.39, 0.29) is 5.82 Å². The molecule has 0 unspecified atom stereocenters. The molecule has 2 aromatic rings. The molecule has 3 nitrogen and oxygen atoms in total. The van der Waals surface area contributed by atoms with Crippen molar-refractivity contribution in [1.29, 1.82) is 0 Å². The first-order valence-corrected chi connectivity index (χ1v) is 6.91. The van der Waals surface area contributed by atoms with Gasteiger partial charge in [0.05, 0.1) is 22.4 Å². The van der Waals surface area contributed by atoms with Crippen molar-refractivity contribution in [1.82, 2.24) is 9.97 Å². The van der Waals surface area contributed by atoms with Gasteiger partial charge in [0.2, 0.25) is 0 Å². The monoisotopic (exact) mass is 271 g/mol. The maximum Gasteiger partial charge on any atom is 0.125 e. The van der Waals surface area contributed by atoms with E-state index in [9.17, 15) is 4.39 Å². The first kappa shape index (κ1) is 14.3. The second kappa shape index (κ2) is 6.37. The average molecular weight is 271 g/mol. The molecule has 1 aromatic carbocycles. The van der Waals surface area contributed by atoms with E-state index in [1.54, 1.807) is 6.07 Å². The van der Waals surface area contributed by atoms with Gasteiger partial charge in [0.15, 0.2) is 0 Å². The van der Waals surface area contributed by atoms with E-state index in [2.05, 4.69) is 15.0 Å². The molecule has 0 N–H and O–H groups in total. The van der Waals surface area contributed by atoms with Crippen LogP contribution in [0.4, 0.5) is 4.39 Å².